The number of rotatable bonds is 6. The maximum Gasteiger partial charge on any atom is 0.268 e. The van der Waals surface area contributed by atoms with Crippen molar-refractivity contribution in [3.8, 4) is 0 Å². The first-order valence-electron chi connectivity index (χ1n) is 10.0. The number of fused-ring (bicyclic) bond motifs is 1. The molecule has 154 valence electrons. The summed E-state index contributed by atoms with van der Waals surface area (Å²) < 4.78 is 29.0. The second-order valence-electron chi connectivity index (χ2n) is 7.74. The second-order valence-corrected chi connectivity index (χ2v) is 9.81. The molecule has 0 radical (unpaired) electrons. The van der Waals surface area contributed by atoms with Crippen LogP contribution in [0.25, 0.3) is 12.2 Å². The van der Waals surface area contributed by atoms with Crippen molar-refractivity contribution in [1.82, 2.24) is 10.3 Å². The first-order chi connectivity index (χ1) is 13.4. The van der Waals surface area contributed by atoms with Crippen LogP contribution in [0, 0.1) is 12.8 Å². The van der Waals surface area contributed by atoms with E-state index in [2.05, 4.69) is 10.3 Å². The van der Waals surface area contributed by atoms with Crippen LogP contribution in [0.4, 0.5) is 0 Å². The molecule has 1 unspecified atom stereocenters. The highest BCUT2D eigenvalue weighted by molar-refractivity contribution is 7.94. The molecule has 1 atom stereocenters. The van der Waals surface area contributed by atoms with E-state index < -0.39 is 9.84 Å². The molecule has 0 saturated carbocycles. The van der Waals surface area contributed by atoms with Crippen LogP contribution in [-0.2, 0) is 14.6 Å². The van der Waals surface area contributed by atoms with Gasteiger partial charge in [0.1, 0.15) is 5.69 Å². The number of H-pyrrole nitrogens is 1. The molecule has 0 bridgehead atoms. The minimum absolute atomic E-state index is 0.108. The lowest BCUT2D eigenvalue weighted by Gasteiger charge is -2.13. The SMILES string of the molecule is Cc1c(C(=O)NCCCC2CCCOCC2)[nH]c2c1=CCC(S(C)(=O)=O)=CC=2. The monoisotopic (exact) mass is 406 g/mol. The minimum atomic E-state index is -3.21. The third kappa shape index (κ3) is 5.14. The molecule has 7 heteroatoms. The van der Waals surface area contributed by atoms with Crippen LogP contribution < -0.4 is 15.9 Å². The largest absolute Gasteiger partial charge is 0.381 e. The van der Waals surface area contributed by atoms with Gasteiger partial charge < -0.3 is 15.0 Å². The summed E-state index contributed by atoms with van der Waals surface area (Å²) in [5.74, 6) is 0.589. The van der Waals surface area contributed by atoms with Crippen LogP contribution in [0.15, 0.2) is 11.0 Å². The maximum atomic E-state index is 12.6. The molecule has 1 aliphatic carbocycles. The van der Waals surface area contributed by atoms with Gasteiger partial charge in [-0.05, 0) is 67.9 Å². The number of sulfone groups is 1. The van der Waals surface area contributed by atoms with E-state index in [0.29, 0.717) is 29.5 Å². The Labute approximate surface area is 166 Å². The van der Waals surface area contributed by atoms with Crippen LogP contribution >= 0.6 is 0 Å². The second kappa shape index (κ2) is 9.09. The summed E-state index contributed by atoms with van der Waals surface area (Å²) in [7, 11) is -3.21. The highest BCUT2D eigenvalue weighted by Crippen LogP contribution is 2.20. The number of amides is 1. The number of allylic oxidation sites excluding steroid dienone is 2. The van der Waals surface area contributed by atoms with Crippen molar-refractivity contribution in [2.75, 3.05) is 26.0 Å². The van der Waals surface area contributed by atoms with Crippen LogP contribution in [-0.4, -0.2) is 45.3 Å². The lowest BCUT2D eigenvalue weighted by atomic mass is 9.95. The van der Waals surface area contributed by atoms with E-state index in [9.17, 15) is 13.2 Å². The average Bonchev–Trinajstić information content (AvgIpc) is 2.86. The van der Waals surface area contributed by atoms with Crippen molar-refractivity contribution in [3.05, 3.63) is 32.8 Å². The number of nitrogens with one attached hydrogen (secondary N) is 2. The smallest absolute Gasteiger partial charge is 0.268 e. The molecule has 0 spiro atoms. The Morgan fingerprint density at radius 1 is 1.29 bits per heavy atom. The highest BCUT2D eigenvalue weighted by Gasteiger charge is 2.16. The van der Waals surface area contributed by atoms with Crippen molar-refractivity contribution in [3.63, 3.8) is 0 Å². The van der Waals surface area contributed by atoms with Gasteiger partial charge in [0.05, 0.1) is 0 Å². The number of hydrogen-bond acceptors (Lipinski definition) is 4. The van der Waals surface area contributed by atoms with Gasteiger partial charge in [-0.2, -0.15) is 0 Å². The van der Waals surface area contributed by atoms with Crippen LogP contribution in [0.3, 0.4) is 0 Å². The molecule has 0 aromatic carbocycles. The normalized spacial score (nSPS) is 20.1. The molecule has 3 rings (SSSR count). The molecule has 1 fully saturated rings. The summed E-state index contributed by atoms with van der Waals surface area (Å²) in [4.78, 5) is 16.1. The van der Waals surface area contributed by atoms with Crippen LogP contribution in [0.1, 0.15) is 54.6 Å². The Morgan fingerprint density at radius 2 is 2.11 bits per heavy atom. The van der Waals surface area contributed by atoms with E-state index in [1.807, 2.05) is 13.0 Å². The van der Waals surface area contributed by atoms with Gasteiger partial charge in [-0.1, -0.05) is 6.08 Å². The number of hydrogen-bond donors (Lipinski definition) is 2. The third-order valence-corrected chi connectivity index (χ3v) is 6.88. The van der Waals surface area contributed by atoms with E-state index >= 15 is 0 Å². The molecule has 28 heavy (non-hydrogen) atoms. The number of aromatic amines is 1. The fourth-order valence-electron chi connectivity index (χ4n) is 3.92. The van der Waals surface area contributed by atoms with E-state index in [1.165, 1.54) is 12.7 Å². The van der Waals surface area contributed by atoms with E-state index in [4.69, 9.17) is 4.74 Å². The summed E-state index contributed by atoms with van der Waals surface area (Å²) >= 11 is 0. The van der Waals surface area contributed by atoms with Gasteiger partial charge in [0, 0.05) is 42.7 Å². The first-order valence-corrected chi connectivity index (χ1v) is 11.9. The zero-order valence-corrected chi connectivity index (χ0v) is 17.5. The Kier molecular flexibility index (Phi) is 6.78. The van der Waals surface area contributed by atoms with Crippen molar-refractivity contribution >= 4 is 27.9 Å². The summed E-state index contributed by atoms with van der Waals surface area (Å²) in [6.07, 6.45) is 12.3. The number of carbonyl (C=O) groups is 1. The van der Waals surface area contributed by atoms with Gasteiger partial charge in [0.25, 0.3) is 5.91 Å². The van der Waals surface area contributed by atoms with Crippen molar-refractivity contribution in [2.45, 2.75) is 45.4 Å². The van der Waals surface area contributed by atoms with Gasteiger partial charge in [-0.3, -0.25) is 4.79 Å². The zero-order chi connectivity index (χ0) is 20.1. The summed E-state index contributed by atoms with van der Waals surface area (Å²) in [5.41, 5.74) is 1.41. The lowest BCUT2D eigenvalue weighted by molar-refractivity contribution is 0.0947. The summed E-state index contributed by atoms with van der Waals surface area (Å²) in [6.45, 7) is 4.28. The summed E-state index contributed by atoms with van der Waals surface area (Å²) in [5, 5.41) is 4.69. The van der Waals surface area contributed by atoms with Crippen molar-refractivity contribution < 1.29 is 17.9 Å². The fraction of sp³-hybridized carbons (Fsp3) is 0.571. The van der Waals surface area contributed by atoms with Crippen LogP contribution in [0.5, 0.6) is 0 Å². The molecule has 1 aliphatic heterocycles. The highest BCUT2D eigenvalue weighted by atomic mass is 32.2. The van der Waals surface area contributed by atoms with Gasteiger partial charge >= 0.3 is 0 Å². The Balaban J connectivity index is 1.61. The molecule has 1 aromatic heterocycles. The predicted octanol–water partition coefficient (Wildman–Crippen LogP) is 1.54. The molecule has 6 nitrogen and oxygen atoms in total. The van der Waals surface area contributed by atoms with Crippen molar-refractivity contribution in [1.29, 1.82) is 0 Å². The van der Waals surface area contributed by atoms with Gasteiger partial charge in [0.15, 0.2) is 9.84 Å². The molecule has 2 aliphatic rings. The topological polar surface area (TPSA) is 88.3 Å². The van der Waals surface area contributed by atoms with Crippen molar-refractivity contribution in [2.24, 2.45) is 5.92 Å². The van der Waals surface area contributed by atoms with E-state index in [-0.39, 0.29) is 5.91 Å². The maximum absolute atomic E-state index is 12.6. The number of ether oxygens (including phenoxy) is 1. The standard InChI is InChI=1S/C21H30N2O4S/c1-15-18-9-7-17(28(2,25)26)8-10-19(18)23-20(15)21(24)22-12-3-5-16-6-4-13-27-14-11-16/h8-10,16,23H,3-7,11-14H2,1-2H3,(H,22,24). The molecular formula is C21H30N2O4S. The third-order valence-electron chi connectivity index (χ3n) is 5.62. The number of carbonyl (C=O) groups excluding carboxylic acids is 1. The van der Waals surface area contributed by atoms with Gasteiger partial charge in [-0.15, -0.1) is 0 Å². The average molecular weight is 407 g/mol. The predicted molar refractivity (Wildman–Crippen MR) is 111 cm³/mol. The fourth-order valence-corrected chi connectivity index (χ4v) is 4.62. The minimum Gasteiger partial charge on any atom is -0.381 e. The van der Waals surface area contributed by atoms with Gasteiger partial charge in [-0.25, -0.2) is 8.42 Å². The van der Waals surface area contributed by atoms with Crippen LogP contribution in [0.2, 0.25) is 0 Å². The lowest BCUT2D eigenvalue weighted by Crippen LogP contribution is -2.26. The van der Waals surface area contributed by atoms with E-state index in [0.717, 1.165) is 55.0 Å². The van der Waals surface area contributed by atoms with Gasteiger partial charge in [0.2, 0.25) is 0 Å². The Morgan fingerprint density at radius 3 is 2.89 bits per heavy atom. The van der Waals surface area contributed by atoms with E-state index in [1.54, 1.807) is 12.2 Å². The first kappa shape index (κ1) is 20.9. The molecular weight excluding hydrogens is 376 g/mol. The molecule has 1 aromatic rings. The zero-order valence-electron chi connectivity index (χ0n) is 16.7. The number of aromatic nitrogens is 1. The molecule has 1 saturated heterocycles. The summed E-state index contributed by atoms with van der Waals surface area (Å²) in [6, 6.07) is 0. The Bertz CT molecular complexity index is 965. The molecule has 1 amide bonds. The molecule has 2 heterocycles. The quantitative estimate of drug-likeness (QED) is 0.702. The molecule has 2 N–H and O–H groups in total. The Hall–Kier alpha value is -1.86.